The molecule has 0 bridgehead atoms. The summed E-state index contributed by atoms with van der Waals surface area (Å²) >= 11 is 0. The minimum absolute atomic E-state index is 0. The van der Waals surface area contributed by atoms with Crippen molar-refractivity contribution < 1.29 is 18.4 Å². The van der Waals surface area contributed by atoms with Crippen molar-refractivity contribution >= 4 is 29.9 Å². The van der Waals surface area contributed by atoms with Crippen LogP contribution in [0.25, 0.3) is 0 Å². The van der Waals surface area contributed by atoms with E-state index in [1.807, 2.05) is 0 Å². The number of hydrogen-bond donors (Lipinski definition) is 3. The van der Waals surface area contributed by atoms with Gasteiger partial charge in [-0.05, 0) is 5.92 Å². The van der Waals surface area contributed by atoms with E-state index in [0.29, 0.717) is 0 Å². The number of nitrogens with two attached hydrogens (primary N) is 1. The molecule has 0 saturated heterocycles. The lowest BCUT2D eigenvalue weighted by Gasteiger charge is -2.14. The van der Waals surface area contributed by atoms with Gasteiger partial charge in [-0.1, -0.05) is 13.8 Å². The average Bonchev–Trinajstić information content (AvgIpc) is 2.81. The molecule has 0 aliphatic heterocycles. The van der Waals surface area contributed by atoms with E-state index in [9.17, 15) is 18.4 Å². The molecule has 1 heterocycles. The molecule has 7 nitrogen and oxygen atoms in total. The fourth-order valence-electron chi connectivity index (χ4n) is 1.46. The molecule has 0 aliphatic rings. The molecule has 126 valence electrons. The van der Waals surface area contributed by atoms with Crippen LogP contribution in [0.5, 0.6) is 0 Å². The highest BCUT2D eigenvalue weighted by atomic mass is 35.5. The summed E-state index contributed by atoms with van der Waals surface area (Å²) in [5.41, 5.74) is 5.90. The van der Waals surface area contributed by atoms with Crippen LogP contribution >= 0.6 is 12.4 Å². The minimum atomic E-state index is -2.52. The minimum Gasteiger partial charge on any atom is -0.346 e. The maximum atomic E-state index is 12.1. The molecule has 1 rings (SSSR count). The number of anilines is 1. The van der Waals surface area contributed by atoms with E-state index in [4.69, 9.17) is 5.73 Å². The van der Waals surface area contributed by atoms with Crippen molar-refractivity contribution in [3.05, 3.63) is 12.4 Å². The Morgan fingerprint density at radius 3 is 2.59 bits per heavy atom. The van der Waals surface area contributed by atoms with Crippen molar-refractivity contribution in [2.24, 2.45) is 11.7 Å². The Labute approximate surface area is 133 Å². The van der Waals surface area contributed by atoms with Crippen LogP contribution in [-0.2, 0) is 16.1 Å². The summed E-state index contributed by atoms with van der Waals surface area (Å²) in [4.78, 5) is 23.1. The van der Waals surface area contributed by atoms with E-state index in [1.54, 1.807) is 13.8 Å². The van der Waals surface area contributed by atoms with Gasteiger partial charge in [-0.15, -0.1) is 12.4 Å². The van der Waals surface area contributed by atoms with E-state index >= 15 is 0 Å². The van der Waals surface area contributed by atoms with Crippen LogP contribution in [0.2, 0.25) is 0 Å². The number of amides is 2. The third kappa shape index (κ3) is 6.81. The number of aromatic nitrogens is 2. The van der Waals surface area contributed by atoms with Gasteiger partial charge in [0, 0.05) is 6.20 Å². The zero-order valence-electron chi connectivity index (χ0n) is 12.3. The van der Waals surface area contributed by atoms with E-state index < -0.39 is 30.8 Å². The van der Waals surface area contributed by atoms with Crippen molar-refractivity contribution in [1.29, 1.82) is 0 Å². The van der Waals surface area contributed by atoms with Gasteiger partial charge in [0.1, 0.15) is 6.54 Å². The third-order valence-electron chi connectivity index (χ3n) is 2.69. The molecule has 1 atom stereocenters. The summed E-state index contributed by atoms with van der Waals surface area (Å²) in [6, 6.07) is -0.688. The second-order valence-electron chi connectivity index (χ2n) is 4.88. The normalized spacial score (nSPS) is 12.0. The number of carbonyl (C=O) groups excluding carboxylic acids is 2. The SMILES string of the molecule is CC(C)[C@H](N)C(=O)NCC(=O)Nc1cnn(CC(F)F)c1.Cl. The topological polar surface area (TPSA) is 102 Å². The Kier molecular flexibility index (Phi) is 8.58. The summed E-state index contributed by atoms with van der Waals surface area (Å²) in [7, 11) is 0. The van der Waals surface area contributed by atoms with Gasteiger partial charge >= 0.3 is 0 Å². The maximum Gasteiger partial charge on any atom is 0.257 e. The number of hydrogen-bond acceptors (Lipinski definition) is 4. The van der Waals surface area contributed by atoms with Gasteiger partial charge in [-0.25, -0.2) is 8.78 Å². The fourth-order valence-corrected chi connectivity index (χ4v) is 1.46. The Hall–Kier alpha value is -1.74. The number of alkyl halides is 2. The lowest BCUT2D eigenvalue weighted by molar-refractivity contribution is -0.125. The van der Waals surface area contributed by atoms with Crippen LogP contribution in [0.15, 0.2) is 12.4 Å². The van der Waals surface area contributed by atoms with Gasteiger partial charge in [0.15, 0.2) is 0 Å². The van der Waals surface area contributed by atoms with Crippen LogP contribution in [0.3, 0.4) is 0 Å². The first-order chi connectivity index (χ1) is 9.79. The predicted molar refractivity (Wildman–Crippen MR) is 79.9 cm³/mol. The fraction of sp³-hybridized carbons (Fsp3) is 0.583. The Balaban J connectivity index is 0.00000441. The van der Waals surface area contributed by atoms with Gasteiger partial charge in [0.05, 0.1) is 24.5 Å². The van der Waals surface area contributed by atoms with Crippen LogP contribution in [0.1, 0.15) is 13.8 Å². The second-order valence-corrected chi connectivity index (χ2v) is 4.88. The van der Waals surface area contributed by atoms with Gasteiger partial charge in [0.25, 0.3) is 6.43 Å². The van der Waals surface area contributed by atoms with E-state index in [0.717, 1.165) is 4.68 Å². The molecule has 22 heavy (non-hydrogen) atoms. The van der Waals surface area contributed by atoms with Gasteiger partial charge in [0.2, 0.25) is 11.8 Å². The number of carbonyl (C=O) groups is 2. The molecule has 1 aromatic rings. The van der Waals surface area contributed by atoms with Crippen molar-refractivity contribution in [1.82, 2.24) is 15.1 Å². The van der Waals surface area contributed by atoms with Crippen molar-refractivity contribution in [3.8, 4) is 0 Å². The third-order valence-corrected chi connectivity index (χ3v) is 2.69. The van der Waals surface area contributed by atoms with Crippen molar-refractivity contribution in [3.63, 3.8) is 0 Å². The number of nitrogens with zero attached hydrogens (tertiary/aromatic N) is 2. The van der Waals surface area contributed by atoms with Crippen LogP contribution in [0, 0.1) is 5.92 Å². The van der Waals surface area contributed by atoms with Gasteiger partial charge in [-0.2, -0.15) is 5.10 Å². The molecule has 0 fully saturated rings. The highest BCUT2D eigenvalue weighted by Gasteiger charge is 2.17. The number of nitrogens with one attached hydrogen (secondary N) is 2. The van der Waals surface area contributed by atoms with E-state index in [2.05, 4.69) is 15.7 Å². The van der Waals surface area contributed by atoms with Crippen LogP contribution in [0.4, 0.5) is 14.5 Å². The molecule has 4 N–H and O–H groups in total. The van der Waals surface area contributed by atoms with Gasteiger partial charge < -0.3 is 16.4 Å². The summed E-state index contributed by atoms with van der Waals surface area (Å²) in [6.07, 6.45) is 0.0125. The first-order valence-electron chi connectivity index (χ1n) is 6.43. The van der Waals surface area contributed by atoms with E-state index in [1.165, 1.54) is 12.4 Å². The van der Waals surface area contributed by atoms with E-state index in [-0.39, 0.29) is 30.6 Å². The molecule has 1 aromatic heterocycles. The molecule has 0 aromatic carbocycles. The Bertz CT molecular complexity index is 496. The summed E-state index contributed by atoms with van der Waals surface area (Å²) in [5.74, 6) is -0.954. The zero-order valence-corrected chi connectivity index (χ0v) is 13.1. The molecular formula is C12H20ClF2N5O2. The summed E-state index contributed by atoms with van der Waals surface area (Å²) < 4.78 is 25.3. The highest BCUT2D eigenvalue weighted by Crippen LogP contribution is 2.06. The number of rotatable bonds is 7. The monoisotopic (exact) mass is 339 g/mol. The van der Waals surface area contributed by atoms with Crippen molar-refractivity contribution in [2.45, 2.75) is 32.9 Å². The number of halogens is 3. The smallest absolute Gasteiger partial charge is 0.257 e. The molecule has 0 spiro atoms. The zero-order chi connectivity index (χ0) is 16.0. The first-order valence-corrected chi connectivity index (χ1v) is 6.43. The van der Waals surface area contributed by atoms with Gasteiger partial charge in [-0.3, -0.25) is 14.3 Å². The molecular weight excluding hydrogens is 320 g/mol. The van der Waals surface area contributed by atoms with Crippen molar-refractivity contribution in [2.75, 3.05) is 11.9 Å². The Morgan fingerprint density at radius 2 is 2.05 bits per heavy atom. The van der Waals surface area contributed by atoms with Crippen LogP contribution < -0.4 is 16.4 Å². The summed E-state index contributed by atoms with van der Waals surface area (Å²) in [5, 5.41) is 8.51. The molecule has 0 radical (unpaired) electrons. The standard InChI is InChI=1S/C12H19F2N5O2.ClH/c1-7(2)11(15)12(21)16-4-10(20)18-8-3-17-19(5-8)6-9(13)14;/h3,5,7,9,11H,4,6,15H2,1-2H3,(H,16,21)(H,18,20);1H/t11-;/m0./s1. The lowest BCUT2D eigenvalue weighted by atomic mass is 10.1. The predicted octanol–water partition coefficient (Wildman–Crippen LogP) is 0.608. The molecule has 2 amide bonds. The highest BCUT2D eigenvalue weighted by molar-refractivity contribution is 5.95. The van der Waals surface area contributed by atoms with Crippen LogP contribution in [-0.4, -0.2) is 40.6 Å². The average molecular weight is 340 g/mol. The lowest BCUT2D eigenvalue weighted by Crippen LogP contribution is -2.46. The molecule has 0 aliphatic carbocycles. The molecule has 0 saturated carbocycles. The first kappa shape index (κ1) is 20.3. The second kappa shape index (κ2) is 9.31. The maximum absolute atomic E-state index is 12.1. The summed E-state index contributed by atoms with van der Waals surface area (Å²) in [6.45, 7) is 2.79. The quantitative estimate of drug-likeness (QED) is 0.677. The largest absolute Gasteiger partial charge is 0.346 e. The molecule has 10 heteroatoms. The molecule has 0 unspecified atom stereocenters. The Morgan fingerprint density at radius 1 is 1.41 bits per heavy atom.